The normalized spacial score (nSPS) is 23.5. The van der Waals surface area contributed by atoms with Gasteiger partial charge in [0.05, 0.1) is 11.8 Å². The van der Waals surface area contributed by atoms with Crippen LogP contribution in [0.5, 0.6) is 0 Å². The van der Waals surface area contributed by atoms with Crippen LogP contribution in [0, 0.1) is 11.8 Å². The largest absolute Gasteiger partial charge is 0.481 e. The van der Waals surface area contributed by atoms with Crippen LogP contribution in [-0.2, 0) is 20.9 Å². The lowest BCUT2D eigenvalue weighted by molar-refractivity contribution is -0.152. The molecule has 2 amide bonds. The Balaban J connectivity index is 1.59. The molecular formula is C17H20N2O4. The molecule has 122 valence electrons. The number of aliphatic carboxylic acids is 1. The second kappa shape index (κ2) is 6.40. The van der Waals surface area contributed by atoms with E-state index in [1.54, 1.807) is 4.90 Å². The lowest BCUT2D eigenvalue weighted by Gasteiger charge is -2.31. The first kappa shape index (κ1) is 15.5. The summed E-state index contributed by atoms with van der Waals surface area (Å²) in [6.45, 7) is 1.08. The fourth-order valence-corrected chi connectivity index (χ4v) is 3.19. The Kier molecular flexibility index (Phi) is 4.32. The van der Waals surface area contributed by atoms with Gasteiger partial charge >= 0.3 is 5.97 Å². The molecule has 2 unspecified atom stereocenters. The summed E-state index contributed by atoms with van der Waals surface area (Å²) < 4.78 is 0. The van der Waals surface area contributed by atoms with Crippen molar-refractivity contribution in [1.29, 1.82) is 0 Å². The number of hydrogen-bond acceptors (Lipinski definition) is 3. The highest BCUT2D eigenvalue weighted by Gasteiger charge is 2.41. The molecule has 0 bridgehead atoms. The molecule has 2 atom stereocenters. The Morgan fingerprint density at radius 1 is 1.26 bits per heavy atom. The van der Waals surface area contributed by atoms with Crippen molar-refractivity contribution in [2.24, 2.45) is 11.8 Å². The second-order valence-corrected chi connectivity index (χ2v) is 6.17. The molecule has 2 N–H and O–H groups in total. The second-order valence-electron chi connectivity index (χ2n) is 6.17. The molecule has 1 aliphatic heterocycles. The number of benzene rings is 1. The van der Waals surface area contributed by atoms with Crippen LogP contribution in [0.15, 0.2) is 24.3 Å². The first-order chi connectivity index (χ1) is 11.1. The van der Waals surface area contributed by atoms with Crippen molar-refractivity contribution in [3.8, 4) is 0 Å². The van der Waals surface area contributed by atoms with Gasteiger partial charge in [-0.05, 0) is 37.0 Å². The Morgan fingerprint density at radius 3 is 2.65 bits per heavy atom. The summed E-state index contributed by atoms with van der Waals surface area (Å²) in [6, 6.07) is 7.55. The zero-order valence-electron chi connectivity index (χ0n) is 12.8. The van der Waals surface area contributed by atoms with Crippen molar-refractivity contribution >= 4 is 23.5 Å². The van der Waals surface area contributed by atoms with Gasteiger partial charge in [0, 0.05) is 25.2 Å². The Bertz CT molecular complexity index is 643. The van der Waals surface area contributed by atoms with Crippen molar-refractivity contribution < 1.29 is 19.5 Å². The summed E-state index contributed by atoms with van der Waals surface area (Å²) in [6.07, 6.45) is 2.66. The molecule has 6 heteroatoms. The molecule has 23 heavy (non-hydrogen) atoms. The van der Waals surface area contributed by atoms with Crippen molar-refractivity contribution in [3.63, 3.8) is 0 Å². The molecule has 1 heterocycles. The van der Waals surface area contributed by atoms with E-state index in [9.17, 15) is 14.4 Å². The standard InChI is InChI=1S/C17H20N2O4/c20-15-5-2-8-19(15)12-4-1-3-11(9-12)10-18-16(21)13-6-7-14(13)17(22)23/h1,3-4,9,13-14H,2,5-8,10H2,(H,18,21)(H,22,23). The van der Waals surface area contributed by atoms with E-state index in [4.69, 9.17) is 5.11 Å². The number of carbonyl (C=O) groups is 3. The molecule has 0 aromatic heterocycles. The van der Waals surface area contributed by atoms with Gasteiger partial charge in [-0.3, -0.25) is 14.4 Å². The zero-order valence-corrected chi connectivity index (χ0v) is 12.8. The lowest BCUT2D eigenvalue weighted by Crippen LogP contribution is -2.43. The third-order valence-corrected chi connectivity index (χ3v) is 4.69. The van der Waals surface area contributed by atoms with Crippen molar-refractivity contribution in [3.05, 3.63) is 29.8 Å². The number of carboxylic acids is 1. The van der Waals surface area contributed by atoms with Gasteiger partial charge < -0.3 is 15.3 Å². The van der Waals surface area contributed by atoms with Gasteiger partial charge in [0.25, 0.3) is 0 Å². The SMILES string of the molecule is O=C(O)C1CCC1C(=O)NCc1cccc(N2CCCC2=O)c1. The minimum atomic E-state index is -0.897. The summed E-state index contributed by atoms with van der Waals surface area (Å²) in [5.74, 6) is -1.94. The minimum Gasteiger partial charge on any atom is -0.481 e. The topological polar surface area (TPSA) is 86.7 Å². The van der Waals surface area contributed by atoms with Crippen LogP contribution < -0.4 is 10.2 Å². The van der Waals surface area contributed by atoms with Gasteiger partial charge in [0.2, 0.25) is 11.8 Å². The summed E-state index contributed by atoms with van der Waals surface area (Å²) in [4.78, 5) is 36.6. The Hall–Kier alpha value is -2.37. The van der Waals surface area contributed by atoms with E-state index in [1.165, 1.54) is 0 Å². The van der Waals surface area contributed by atoms with E-state index < -0.39 is 17.8 Å². The molecule has 3 rings (SSSR count). The summed E-state index contributed by atoms with van der Waals surface area (Å²) in [7, 11) is 0. The molecule has 1 saturated carbocycles. The van der Waals surface area contributed by atoms with Gasteiger partial charge in [0.1, 0.15) is 0 Å². The molecule has 1 aromatic rings. The van der Waals surface area contributed by atoms with Crippen LogP contribution in [0.1, 0.15) is 31.2 Å². The molecule has 0 spiro atoms. The quantitative estimate of drug-likeness (QED) is 0.862. The van der Waals surface area contributed by atoms with Crippen LogP contribution in [-0.4, -0.2) is 29.4 Å². The maximum atomic E-state index is 12.1. The van der Waals surface area contributed by atoms with E-state index in [0.29, 0.717) is 25.8 Å². The smallest absolute Gasteiger partial charge is 0.307 e. The number of nitrogens with zero attached hydrogens (tertiary/aromatic N) is 1. The van der Waals surface area contributed by atoms with Crippen LogP contribution >= 0.6 is 0 Å². The first-order valence-corrected chi connectivity index (χ1v) is 7.96. The highest BCUT2D eigenvalue weighted by atomic mass is 16.4. The Morgan fingerprint density at radius 2 is 2.04 bits per heavy atom. The fraction of sp³-hybridized carbons (Fsp3) is 0.471. The molecule has 0 radical (unpaired) electrons. The third kappa shape index (κ3) is 3.21. The lowest BCUT2D eigenvalue weighted by atomic mass is 9.73. The van der Waals surface area contributed by atoms with E-state index in [1.807, 2.05) is 24.3 Å². The summed E-state index contributed by atoms with van der Waals surface area (Å²) in [5.41, 5.74) is 1.76. The Labute approximate surface area is 134 Å². The molecule has 1 aliphatic carbocycles. The van der Waals surface area contributed by atoms with Crippen molar-refractivity contribution in [1.82, 2.24) is 5.32 Å². The van der Waals surface area contributed by atoms with Gasteiger partial charge in [-0.1, -0.05) is 12.1 Å². The van der Waals surface area contributed by atoms with Gasteiger partial charge in [-0.15, -0.1) is 0 Å². The first-order valence-electron chi connectivity index (χ1n) is 7.96. The number of rotatable bonds is 5. The number of carboxylic acid groups (broad SMARTS) is 1. The summed E-state index contributed by atoms with van der Waals surface area (Å²) >= 11 is 0. The molecular weight excluding hydrogens is 296 g/mol. The van der Waals surface area contributed by atoms with Gasteiger partial charge in [-0.25, -0.2) is 0 Å². The van der Waals surface area contributed by atoms with Crippen LogP contribution in [0.2, 0.25) is 0 Å². The molecule has 2 fully saturated rings. The average molecular weight is 316 g/mol. The number of anilines is 1. The number of amides is 2. The number of hydrogen-bond donors (Lipinski definition) is 2. The molecule has 6 nitrogen and oxygen atoms in total. The fourth-order valence-electron chi connectivity index (χ4n) is 3.19. The van der Waals surface area contributed by atoms with E-state index in [-0.39, 0.29) is 11.8 Å². The monoisotopic (exact) mass is 316 g/mol. The van der Waals surface area contributed by atoms with E-state index >= 15 is 0 Å². The predicted molar refractivity (Wildman–Crippen MR) is 83.7 cm³/mol. The van der Waals surface area contributed by atoms with Crippen LogP contribution in [0.25, 0.3) is 0 Å². The predicted octanol–water partition coefficient (Wildman–Crippen LogP) is 1.54. The highest BCUT2D eigenvalue weighted by Crippen LogP contribution is 2.34. The van der Waals surface area contributed by atoms with Crippen molar-refractivity contribution in [2.75, 3.05) is 11.4 Å². The minimum absolute atomic E-state index is 0.130. The van der Waals surface area contributed by atoms with Crippen LogP contribution in [0.3, 0.4) is 0 Å². The highest BCUT2D eigenvalue weighted by molar-refractivity contribution is 5.95. The van der Waals surface area contributed by atoms with Gasteiger partial charge in [-0.2, -0.15) is 0 Å². The zero-order chi connectivity index (χ0) is 16.4. The molecule has 1 aromatic carbocycles. The number of carbonyl (C=O) groups excluding carboxylic acids is 2. The maximum Gasteiger partial charge on any atom is 0.307 e. The summed E-state index contributed by atoms with van der Waals surface area (Å²) in [5, 5.41) is 11.8. The maximum absolute atomic E-state index is 12.1. The van der Waals surface area contributed by atoms with E-state index in [0.717, 1.165) is 24.2 Å². The molecule has 2 aliphatic rings. The van der Waals surface area contributed by atoms with Gasteiger partial charge in [0.15, 0.2) is 0 Å². The van der Waals surface area contributed by atoms with E-state index in [2.05, 4.69) is 5.32 Å². The average Bonchev–Trinajstić information content (AvgIpc) is 2.90. The number of nitrogens with one attached hydrogen (secondary N) is 1. The molecule has 1 saturated heterocycles. The van der Waals surface area contributed by atoms with Crippen LogP contribution in [0.4, 0.5) is 5.69 Å². The third-order valence-electron chi connectivity index (χ3n) is 4.69. The van der Waals surface area contributed by atoms with Crippen molar-refractivity contribution in [2.45, 2.75) is 32.2 Å².